The minimum absolute atomic E-state index is 0.211. The molecule has 5 heteroatoms. The molecule has 1 aromatic rings. The number of hydrogen-bond acceptors (Lipinski definition) is 4. The standard InChI is InChI=1S/C16H26FN3O/c1-3-16(15-7-6-13(17)11-19-15)20(9-10-21-2)12-14-5-4-8-18-14/h6-7,11,14,16,18H,3-5,8-10,12H2,1-2H3. The predicted molar refractivity (Wildman–Crippen MR) is 81.7 cm³/mol. The summed E-state index contributed by atoms with van der Waals surface area (Å²) in [6.45, 7) is 5.81. The van der Waals surface area contributed by atoms with Crippen molar-refractivity contribution < 1.29 is 9.13 Å². The van der Waals surface area contributed by atoms with Crippen molar-refractivity contribution in [1.29, 1.82) is 0 Å². The fourth-order valence-electron chi connectivity index (χ4n) is 3.02. The monoisotopic (exact) mass is 295 g/mol. The van der Waals surface area contributed by atoms with Gasteiger partial charge in [0, 0.05) is 26.2 Å². The first kappa shape index (κ1) is 16.3. The van der Waals surface area contributed by atoms with Crippen LogP contribution >= 0.6 is 0 Å². The third kappa shape index (κ3) is 4.73. The first-order valence-corrected chi connectivity index (χ1v) is 7.82. The summed E-state index contributed by atoms with van der Waals surface area (Å²) in [5.41, 5.74) is 0.938. The number of methoxy groups -OCH3 is 1. The van der Waals surface area contributed by atoms with Gasteiger partial charge in [-0.05, 0) is 37.9 Å². The van der Waals surface area contributed by atoms with Crippen molar-refractivity contribution in [3.05, 3.63) is 29.8 Å². The summed E-state index contributed by atoms with van der Waals surface area (Å²) in [4.78, 5) is 6.68. The minimum Gasteiger partial charge on any atom is -0.383 e. The minimum atomic E-state index is -0.283. The zero-order valence-electron chi connectivity index (χ0n) is 13.0. The molecule has 118 valence electrons. The smallest absolute Gasteiger partial charge is 0.141 e. The molecular formula is C16H26FN3O. The van der Waals surface area contributed by atoms with Crippen LogP contribution in [0.4, 0.5) is 4.39 Å². The summed E-state index contributed by atoms with van der Waals surface area (Å²) in [5.74, 6) is -0.283. The van der Waals surface area contributed by atoms with Gasteiger partial charge in [0.25, 0.3) is 0 Å². The van der Waals surface area contributed by atoms with Crippen LogP contribution in [0.5, 0.6) is 0 Å². The number of hydrogen-bond donors (Lipinski definition) is 1. The maximum atomic E-state index is 13.1. The Bertz CT molecular complexity index is 406. The van der Waals surface area contributed by atoms with Crippen molar-refractivity contribution in [2.75, 3.05) is 33.4 Å². The van der Waals surface area contributed by atoms with E-state index in [9.17, 15) is 4.39 Å². The van der Waals surface area contributed by atoms with Crippen molar-refractivity contribution in [2.24, 2.45) is 0 Å². The van der Waals surface area contributed by atoms with Crippen LogP contribution in [0.15, 0.2) is 18.3 Å². The molecule has 0 amide bonds. The second kappa shape index (κ2) is 8.41. The Kier molecular flexibility index (Phi) is 6.54. The number of aromatic nitrogens is 1. The molecule has 0 saturated carbocycles. The summed E-state index contributed by atoms with van der Waals surface area (Å²) in [7, 11) is 1.73. The fraction of sp³-hybridized carbons (Fsp3) is 0.688. The van der Waals surface area contributed by atoms with E-state index in [-0.39, 0.29) is 11.9 Å². The zero-order chi connectivity index (χ0) is 15.1. The SMILES string of the molecule is CCC(c1ccc(F)cn1)N(CCOC)CC1CCCN1. The number of ether oxygens (including phenoxy) is 1. The number of halogens is 1. The lowest BCUT2D eigenvalue weighted by molar-refractivity contribution is 0.108. The van der Waals surface area contributed by atoms with E-state index < -0.39 is 0 Å². The molecular weight excluding hydrogens is 269 g/mol. The topological polar surface area (TPSA) is 37.4 Å². The summed E-state index contributed by atoms with van der Waals surface area (Å²) in [6.07, 6.45) is 4.72. The highest BCUT2D eigenvalue weighted by molar-refractivity contribution is 5.10. The second-order valence-corrected chi connectivity index (χ2v) is 5.61. The molecule has 2 rings (SSSR count). The first-order chi connectivity index (χ1) is 10.2. The van der Waals surface area contributed by atoms with E-state index >= 15 is 0 Å². The van der Waals surface area contributed by atoms with Gasteiger partial charge in [0.15, 0.2) is 0 Å². The van der Waals surface area contributed by atoms with E-state index in [0.717, 1.165) is 31.7 Å². The predicted octanol–water partition coefficient (Wildman–Crippen LogP) is 2.37. The third-order valence-electron chi connectivity index (χ3n) is 4.12. The Hall–Kier alpha value is -1.04. The molecule has 0 spiro atoms. The molecule has 0 aromatic carbocycles. The van der Waals surface area contributed by atoms with E-state index in [0.29, 0.717) is 12.6 Å². The Morgan fingerprint density at radius 3 is 2.95 bits per heavy atom. The Balaban J connectivity index is 2.08. The van der Waals surface area contributed by atoms with Crippen LogP contribution in [0, 0.1) is 5.82 Å². The molecule has 1 fully saturated rings. The number of pyridine rings is 1. The van der Waals surface area contributed by atoms with E-state index in [1.807, 2.05) is 0 Å². The number of nitrogens with zero attached hydrogens (tertiary/aromatic N) is 2. The van der Waals surface area contributed by atoms with Gasteiger partial charge in [0.1, 0.15) is 5.82 Å². The lowest BCUT2D eigenvalue weighted by atomic mass is 10.1. The molecule has 2 atom stereocenters. The van der Waals surface area contributed by atoms with Crippen LogP contribution in [0.2, 0.25) is 0 Å². The molecule has 1 N–H and O–H groups in total. The largest absolute Gasteiger partial charge is 0.383 e. The van der Waals surface area contributed by atoms with Gasteiger partial charge in [-0.1, -0.05) is 6.92 Å². The van der Waals surface area contributed by atoms with E-state index in [4.69, 9.17) is 4.74 Å². The maximum Gasteiger partial charge on any atom is 0.141 e. The first-order valence-electron chi connectivity index (χ1n) is 7.82. The van der Waals surface area contributed by atoms with E-state index in [1.165, 1.54) is 25.1 Å². The molecule has 4 nitrogen and oxygen atoms in total. The van der Waals surface area contributed by atoms with Crippen molar-refractivity contribution in [1.82, 2.24) is 15.2 Å². The lowest BCUT2D eigenvalue weighted by Crippen LogP contribution is -2.41. The van der Waals surface area contributed by atoms with Crippen LogP contribution in [-0.4, -0.2) is 49.3 Å². The molecule has 21 heavy (non-hydrogen) atoms. The van der Waals surface area contributed by atoms with E-state index in [1.54, 1.807) is 13.2 Å². The van der Waals surface area contributed by atoms with Gasteiger partial charge in [-0.15, -0.1) is 0 Å². The second-order valence-electron chi connectivity index (χ2n) is 5.61. The number of nitrogens with one attached hydrogen (secondary N) is 1. The summed E-state index contributed by atoms with van der Waals surface area (Å²) >= 11 is 0. The summed E-state index contributed by atoms with van der Waals surface area (Å²) < 4.78 is 18.3. The van der Waals surface area contributed by atoms with Gasteiger partial charge in [-0.25, -0.2) is 4.39 Å². The van der Waals surface area contributed by atoms with Gasteiger partial charge in [0.2, 0.25) is 0 Å². The van der Waals surface area contributed by atoms with Crippen molar-refractivity contribution in [2.45, 2.75) is 38.3 Å². The zero-order valence-corrected chi connectivity index (χ0v) is 13.0. The number of rotatable bonds is 8. The Morgan fingerprint density at radius 1 is 1.52 bits per heavy atom. The van der Waals surface area contributed by atoms with Crippen molar-refractivity contribution in [3.8, 4) is 0 Å². The normalized spacial score (nSPS) is 20.1. The Labute approximate surface area is 126 Å². The summed E-state index contributed by atoms with van der Waals surface area (Å²) in [6, 6.07) is 4.04. The molecule has 1 aliphatic heterocycles. The molecule has 0 bridgehead atoms. The van der Waals surface area contributed by atoms with Crippen LogP contribution in [0.25, 0.3) is 0 Å². The molecule has 0 radical (unpaired) electrons. The quantitative estimate of drug-likeness (QED) is 0.799. The lowest BCUT2D eigenvalue weighted by Gasteiger charge is -2.32. The van der Waals surface area contributed by atoms with Crippen LogP contribution in [-0.2, 0) is 4.74 Å². The van der Waals surface area contributed by atoms with Gasteiger partial charge in [-0.3, -0.25) is 9.88 Å². The van der Waals surface area contributed by atoms with E-state index in [2.05, 4.69) is 22.1 Å². The maximum absolute atomic E-state index is 13.1. The highest BCUT2D eigenvalue weighted by Gasteiger charge is 2.24. The van der Waals surface area contributed by atoms with Crippen LogP contribution in [0.3, 0.4) is 0 Å². The van der Waals surface area contributed by atoms with Gasteiger partial charge in [-0.2, -0.15) is 0 Å². The highest BCUT2D eigenvalue weighted by Crippen LogP contribution is 2.23. The van der Waals surface area contributed by atoms with Gasteiger partial charge >= 0.3 is 0 Å². The Morgan fingerprint density at radius 2 is 2.38 bits per heavy atom. The summed E-state index contributed by atoms with van der Waals surface area (Å²) in [5, 5.41) is 3.54. The fourth-order valence-corrected chi connectivity index (χ4v) is 3.02. The molecule has 2 heterocycles. The average molecular weight is 295 g/mol. The highest BCUT2D eigenvalue weighted by atomic mass is 19.1. The molecule has 1 aliphatic rings. The van der Waals surface area contributed by atoms with Gasteiger partial charge in [0.05, 0.1) is 24.5 Å². The molecule has 1 aromatic heterocycles. The third-order valence-corrected chi connectivity index (χ3v) is 4.12. The van der Waals surface area contributed by atoms with Crippen LogP contribution < -0.4 is 5.32 Å². The molecule has 0 aliphatic carbocycles. The van der Waals surface area contributed by atoms with Crippen LogP contribution in [0.1, 0.15) is 37.9 Å². The van der Waals surface area contributed by atoms with Gasteiger partial charge < -0.3 is 10.1 Å². The van der Waals surface area contributed by atoms with Crippen molar-refractivity contribution >= 4 is 0 Å². The molecule has 2 unspecified atom stereocenters. The van der Waals surface area contributed by atoms with Crippen molar-refractivity contribution in [3.63, 3.8) is 0 Å². The molecule has 1 saturated heterocycles. The average Bonchev–Trinajstić information content (AvgIpc) is 3.00.